The van der Waals surface area contributed by atoms with Gasteiger partial charge < -0.3 is 23.7 Å². The van der Waals surface area contributed by atoms with E-state index in [1.54, 1.807) is 64.8 Å². The van der Waals surface area contributed by atoms with Gasteiger partial charge in [-0.25, -0.2) is 4.79 Å². The Bertz CT molecular complexity index is 1760. The molecule has 0 saturated carbocycles. The molecule has 2 saturated heterocycles. The Labute approximate surface area is 302 Å². The lowest BCUT2D eigenvalue weighted by atomic mass is 9.86. The minimum atomic E-state index is -4.50. The largest absolute Gasteiger partial charge is 0.460 e. The number of piperazine rings is 1. The third-order valence-electron chi connectivity index (χ3n) is 8.93. The van der Waals surface area contributed by atoms with Gasteiger partial charge in [-0.15, -0.1) is 0 Å². The summed E-state index contributed by atoms with van der Waals surface area (Å²) in [7, 11) is 2.08. The standard InChI is InChI=1S/C37H49F3N6O6/c1-35(2,3)51-30(48)16-23-14-26(37(38,39)40)22-46(21-23)27-8-9-41-19-25(27)17-28(47)31-32-29(50-33(31)43-34(49)52-36(4,5)6)15-24(18-42-32)20-45-12-10-44(7)11-13-45/h8-9,15,18-19,23,26H,10-14,16-17,20-22H2,1-7H3,(H,43,49)/t23-,26-/m1/s1. The number of amides is 1. The minimum absolute atomic E-state index is 0.0106. The zero-order valence-electron chi connectivity index (χ0n) is 30.9. The van der Waals surface area contributed by atoms with E-state index >= 15 is 0 Å². The van der Waals surface area contributed by atoms with E-state index in [2.05, 4.69) is 32.1 Å². The Morgan fingerprint density at radius 1 is 0.981 bits per heavy atom. The van der Waals surface area contributed by atoms with Crippen molar-refractivity contribution in [3.63, 3.8) is 0 Å². The number of halogens is 3. The van der Waals surface area contributed by atoms with Crippen LogP contribution >= 0.6 is 0 Å². The lowest BCUT2D eigenvalue weighted by Crippen LogP contribution is -2.47. The number of piperidine rings is 1. The van der Waals surface area contributed by atoms with Crippen molar-refractivity contribution in [2.24, 2.45) is 11.8 Å². The van der Waals surface area contributed by atoms with Gasteiger partial charge in [-0.3, -0.25) is 29.8 Å². The van der Waals surface area contributed by atoms with Crippen LogP contribution in [0.3, 0.4) is 0 Å². The molecule has 0 bridgehead atoms. The fourth-order valence-corrected chi connectivity index (χ4v) is 6.64. The fourth-order valence-electron chi connectivity index (χ4n) is 6.64. The van der Waals surface area contributed by atoms with Crippen LogP contribution in [0.15, 0.2) is 35.1 Å². The van der Waals surface area contributed by atoms with Crippen molar-refractivity contribution in [3.05, 3.63) is 47.4 Å². The van der Waals surface area contributed by atoms with Crippen LogP contribution in [-0.2, 0) is 27.2 Å². The number of ketones is 1. The van der Waals surface area contributed by atoms with Crippen molar-refractivity contribution < 1.29 is 41.4 Å². The fraction of sp³-hybridized carbons (Fsp3) is 0.595. The molecule has 0 radical (unpaired) electrons. The van der Waals surface area contributed by atoms with Gasteiger partial charge >= 0.3 is 18.2 Å². The molecule has 1 N–H and O–H groups in total. The summed E-state index contributed by atoms with van der Waals surface area (Å²) < 4.78 is 59.5. The molecule has 284 valence electrons. The van der Waals surface area contributed by atoms with Gasteiger partial charge in [0.25, 0.3) is 0 Å². The van der Waals surface area contributed by atoms with Crippen LogP contribution < -0.4 is 10.2 Å². The molecule has 0 aliphatic carbocycles. The Morgan fingerprint density at radius 3 is 2.33 bits per heavy atom. The predicted molar refractivity (Wildman–Crippen MR) is 189 cm³/mol. The Hall–Kier alpha value is -4.24. The number of aromatic nitrogens is 2. The Kier molecular flexibility index (Phi) is 11.5. The highest BCUT2D eigenvalue weighted by Gasteiger charge is 2.45. The number of furan rings is 1. The third kappa shape index (κ3) is 10.4. The van der Waals surface area contributed by atoms with E-state index in [1.807, 2.05) is 0 Å². The zero-order chi connectivity index (χ0) is 38.0. The molecule has 12 nitrogen and oxygen atoms in total. The van der Waals surface area contributed by atoms with Crippen molar-refractivity contribution in [3.8, 4) is 0 Å². The predicted octanol–water partition coefficient (Wildman–Crippen LogP) is 6.48. The molecule has 3 aromatic rings. The Morgan fingerprint density at radius 2 is 1.67 bits per heavy atom. The molecule has 2 aliphatic heterocycles. The molecule has 2 atom stereocenters. The van der Waals surface area contributed by atoms with Crippen LogP contribution in [-0.4, -0.2) is 101 Å². The molecular formula is C37H49F3N6O6. The maximum Gasteiger partial charge on any atom is 0.414 e. The van der Waals surface area contributed by atoms with Crippen LogP contribution in [0.5, 0.6) is 0 Å². The zero-order valence-corrected chi connectivity index (χ0v) is 30.9. The number of hydrogen-bond donors (Lipinski definition) is 1. The molecule has 1 amide bonds. The van der Waals surface area contributed by atoms with Crippen LogP contribution in [0.1, 0.15) is 75.9 Å². The van der Waals surface area contributed by atoms with Gasteiger partial charge in [0.2, 0.25) is 5.88 Å². The molecule has 2 fully saturated rings. The number of Topliss-reactive ketones (excluding diaryl/α,β-unsaturated/α-hetero) is 1. The normalized spacial score (nSPS) is 19.5. The SMILES string of the molecule is CN1CCN(Cc2cnc3c(C(=O)Cc4cnccc4N4C[C@@H](CC(=O)OC(C)(C)C)C[C@@H](C(F)(F)F)C4)c(NC(=O)OC(C)(C)C)oc3c2)CC1. The highest BCUT2D eigenvalue weighted by molar-refractivity contribution is 6.12. The molecule has 0 spiro atoms. The second kappa shape index (κ2) is 15.4. The van der Waals surface area contributed by atoms with Crippen molar-refractivity contribution in [1.29, 1.82) is 0 Å². The van der Waals surface area contributed by atoms with Crippen molar-refractivity contribution in [2.45, 2.75) is 84.7 Å². The number of ether oxygens (including phenoxy) is 2. The molecule has 5 heterocycles. The highest BCUT2D eigenvalue weighted by Crippen LogP contribution is 2.39. The monoisotopic (exact) mass is 730 g/mol. The maximum absolute atomic E-state index is 14.2. The molecule has 15 heteroatoms. The Balaban J connectivity index is 1.44. The van der Waals surface area contributed by atoms with Gasteiger partial charge in [0.05, 0.1) is 12.3 Å². The number of rotatable bonds is 9. The van der Waals surface area contributed by atoms with Crippen molar-refractivity contribution >= 4 is 40.5 Å². The van der Waals surface area contributed by atoms with Crippen LogP contribution in [0.25, 0.3) is 11.1 Å². The van der Waals surface area contributed by atoms with Gasteiger partial charge in [-0.05, 0) is 78.6 Å². The summed E-state index contributed by atoms with van der Waals surface area (Å²) in [5.74, 6) is -3.54. The van der Waals surface area contributed by atoms with Crippen molar-refractivity contribution in [1.82, 2.24) is 19.8 Å². The first kappa shape index (κ1) is 39.0. The summed E-state index contributed by atoms with van der Waals surface area (Å²) in [5, 5.41) is 2.57. The number of fused-ring (bicyclic) bond motifs is 1. The molecule has 52 heavy (non-hydrogen) atoms. The second-order valence-corrected chi connectivity index (χ2v) is 15.8. The first-order chi connectivity index (χ1) is 24.2. The highest BCUT2D eigenvalue weighted by atomic mass is 19.4. The summed E-state index contributed by atoms with van der Waals surface area (Å²) in [4.78, 5) is 54.7. The lowest BCUT2D eigenvalue weighted by Gasteiger charge is -2.40. The summed E-state index contributed by atoms with van der Waals surface area (Å²) >= 11 is 0. The first-order valence-corrected chi connectivity index (χ1v) is 17.6. The molecule has 0 aromatic carbocycles. The number of nitrogens with zero attached hydrogens (tertiary/aromatic N) is 5. The van der Waals surface area contributed by atoms with E-state index in [-0.39, 0.29) is 49.3 Å². The number of carbonyl (C=O) groups excluding carboxylic acids is 3. The number of nitrogens with one attached hydrogen (secondary N) is 1. The summed E-state index contributed by atoms with van der Waals surface area (Å²) in [6, 6.07) is 3.37. The maximum atomic E-state index is 14.2. The number of likely N-dealkylation sites (N-methyl/N-ethyl adjacent to an activating group) is 1. The summed E-state index contributed by atoms with van der Waals surface area (Å²) in [6.45, 7) is 14.3. The molecule has 5 rings (SSSR count). The smallest absolute Gasteiger partial charge is 0.414 e. The number of anilines is 2. The lowest BCUT2D eigenvalue weighted by molar-refractivity contribution is -0.181. The van der Waals surface area contributed by atoms with E-state index in [0.717, 1.165) is 31.7 Å². The van der Waals surface area contributed by atoms with E-state index in [9.17, 15) is 27.6 Å². The average Bonchev–Trinajstić information content (AvgIpc) is 3.36. The van der Waals surface area contributed by atoms with Crippen LogP contribution in [0.2, 0.25) is 0 Å². The average molecular weight is 731 g/mol. The molecule has 0 unspecified atom stereocenters. The van der Waals surface area contributed by atoms with E-state index < -0.39 is 47.1 Å². The summed E-state index contributed by atoms with van der Waals surface area (Å²) in [6.07, 6.45) is -1.44. The van der Waals surface area contributed by atoms with E-state index in [1.165, 1.54) is 12.4 Å². The molecule has 3 aromatic heterocycles. The van der Waals surface area contributed by atoms with Crippen LogP contribution in [0, 0.1) is 11.8 Å². The third-order valence-corrected chi connectivity index (χ3v) is 8.93. The first-order valence-electron chi connectivity index (χ1n) is 17.6. The summed E-state index contributed by atoms with van der Waals surface area (Å²) in [5.41, 5.74) is 0.563. The second-order valence-electron chi connectivity index (χ2n) is 15.8. The number of pyridine rings is 2. The van der Waals surface area contributed by atoms with E-state index in [4.69, 9.17) is 13.9 Å². The van der Waals surface area contributed by atoms with E-state index in [0.29, 0.717) is 23.4 Å². The number of hydrogen-bond acceptors (Lipinski definition) is 11. The van der Waals surface area contributed by atoms with Crippen LogP contribution in [0.4, 0.5) is 29.5 Å². The molecule has 2 aliphatic rings. The number of carbonyl (C=O) groups is 3. The molecular weight excluding hydrogens is 681 g/mol. The van der Waals surface area contributed by atoms with Gasteiger partial charge in [0, 0.05) is 82.1 Å². The van der Waals surface area contributed by atoms with Gasteiger partial charge in [-0.2, -0.15) is 13.2 Å². The number of esters is 1. The quantitative estimate of drug-likeness (QED) is 0.192. The number of alkyl halides is 3. The van der Waals surface area contributed by atoms with Gasteiger partial charge in [-0.1, -0.05) is 0 Å². The van der Waals surface area contributed by atoms with Gasteiger partial charge in [0.1, 0.15) is 22.3 Å². The van der Waals surface area contributed by atoms with Crippen molar-refractivity contribution in [2.75, 3.05) is 56.5 Å². The van der Waals surface area contributed by atoms with Gasteiger partial charge in [0.15, 0.2) is 11.4 Å². The topological polar surface area (TPSA) is 130 Å². The minimum Gasteiger partial charge on any atom is -0.460 e.